The fourth-order valence-corrected chi connectivity index (χ4v) is 1.76. The Morgan fingerprint density at radius 1 is 1.17 bits per heavy atom. The van der Waals surface area contributed by atoms with Crippen LogP contribution in [-0.2, 0) is 6.54 Å². The van der Waals surface area contributed by atoms with Gasteiger partial charge < -0.3 is 0 Å². The Morgan fingerprint density at radius 2 is 1.94 bits per heavy atom. The third kappa shape index (κ3) is 2.49. The average Bonchev–Trinajstić information content (AvgIpc) is 2.45. The zero-order chi connectivity index (χ0) is 12.8. The molecule has 0 aliphatic heterocycles. The van der Waals surface area contributed by atoms with E-state index in [4.69, 9.17) is 5.53 Å². The lowest BCUT2D eigenvalue weighted by molar-refractivity contribution is 1.05. The molecule has 2 rings (SSSR count). The van der Waals surface area contributed by atoms with Crippen LogP contribution in [0.2, 0.25) is 0 Å². The summed E-state index contributed by atoms with van der Waals surface area (Å²) in [5, 5.41) is 12.7. The number of benzene rings is 2. The smallest absolute Gasteiger partial charge is 0.0998 e. The lowest BCUT2D eigenvalue weighted by atomic mass is 9.98. The molecule has 0 saturated heterocycles. The van der Waals surface area contributed by atoms with Crippen LogP contribution in [-0.4, -0.2) is 0 Å². The van der Waals surface area contributed by atoms with Crippen molar-refractivity contribution >= 4 is 0 Å². The Balaban J connectivity index is 2.45. The fraction of sp³-hybridized carbons (Fsp3) is 0.0714. The van der Waals surface area contributed by atoms with Crippen LogP contribution in [0.1, 0.15) is 11.1 Å². The molecule has 2 aromatic carbocycles. The van der Waals surface area contributed by atoms with Crippen LogP contribution in [0.15, 0.2) is 53.6 Å². The second-order valence-electron chi connectivity index (χ2n) is 3.75. The van der Waals surface area contributed by atoms with Crippen molar-refractivity contribution in [2.24, 2.45) is 5.11 Å². The molecule has 2 aromatic rings. The van der Waals surface area contributed by atoms with E-state index in [0.29, 0.717) is 5.56 Å². The van der Waals surface area contributed by atoms with Gasteiger partial charge in [-0.15, -0.1) is 0 Å². The van der Waals surface area contributed by atoms with E-state index in [-0.39, 0.29) is 6.54 Å². The number of rotatable bonds is 3. The van der Waals surface area contributed by atoms with Gasteiger partial charge in [-0.25, -0.2) is 0 Å². The van der Waals surface area contributed by atoms with Gasteiger partial charge >= 0.3 is 0 Å². The van der Waals surface area contributed by atoms with Crippen LogP contribution in [0.25, 0.3) is 21.6 Å². The Kier molecular flexibility index (Phi) is 3.60. The van der Waals surface area contributed by atoms with E-state index in [9.17, 15) is 5.26 Å². The lowest BCUT2D eigenvalue weighted by Gasteiger charge is -2.05. The highest BCUT2D eigenvalue weighted by Gasteiger charge is 2.05. The molecule has 0 amide bonds. The molecule has 86 valence electrons. The van der Waals surface area contributed by atoms with Gasteiger partial charge in [0.25, 0.3) is 0 Å². The first-order valence-corrected chi connectivity index (χ1v) is 5.44. The topological polar surface area (TPSA) is 72.5 Å². The van der Waals surface area contributed by atoms with E-state index in [1.165, 1.54) is 0 Å². The molecule has 0 aliphatic rings. The largest absolute Gasteiger partial charge is 0.192 e. The molecule has 4 heteroatoms. The summed E-state index contributed by atoms with van der Waals surface area (Å²) in [4.78, 5) is 2.71. The quantitative estimate of drug-likeness (QED) is 0.448. The average molecular weight is 234 g/mol. The minimum absolute atomic E-state index is 0.264. The third-order valence-electron chi connectivity index (χ3n) is 2.61. The van der Waals surface area contributed by atoms with Crippen LogP contribution >= 0.6 is 0 Å². The van der Waals surface area contributed by atoms with Crippen LogP contribution in [0, 0.1) is 11.3 Å². The molecule has 0 heterocycles. The molecule has 18 heavy (non-hydrogen) atoms. The summed E-state index contributed by atoms with van der Waals surface area (Å²) in [5.41, 5.74) is 11.6. The maximum absolute atomic E-state index is 9.18. The molecule has 0 bridgehead atoms. The Labute approximate surface area is 105 Å². The van der Waals surface area contributed by atoms with Gasteiger partial charge in [-0.3, -0.25) is 0 Å². The standard InChI is InChI=1S/C14H10N4/c15-9-13-8-11(10-17-18-16)6-7-14(13)12-4-2-1-3-5-12/h1-8H,10H2. The van der Waals surface area contributed by atoms with Crippen molar-refractivity contribution in [3.63, 3.8) is 0 Å². The minimum Gasteiger partial charge on any atom is -0.192 e. The fourth-order valence-electron chi connectivity index (χ4n) is 1.76. The van der Waals surface area contributed by atoms with Crippen LogP contribution in [0.4, 0.5) is 0 Å². The predicted octanol–water partition coefficient (Wildman–Crippen LogP) is 4.04. The van der Waals surface area contributed by atoms with Gasteiger partial charge in [0.05, 0.1) is 18.2 Å². The van der Waals surface area contributed by atoms with Crippen molar-refractivity contribution in [2.45, 2.75) is 6.54 Å². The highest BCUT2D eigenvalue weighted by Crippen LogP contribution is 2.24. The maximum atomic E-state index is 9.18. The van der Waals surface area contributed by atoms with Gasteiger partial charge in [-0.1, -0.05) is 47.6 Å². The highest BCUT2D eigenvalue weighted by molar-refractivity contribution is 5.70. The predicted molar refractivity (Wildman–Crippen MR) is 69.4 cm³/mol. The molecule has 0 aliphatic carbocycles. The van der Waals surface area contributed by atoms with Crippen molar-refractivity contribution in [1.29, 1.82) is 5.26 Å². The van der Waals surface area contributed by atoms with Crippen molar-refractivity contribution in [3.8, 4) is 17.2 Å². The summed E-state index contributed by atoms with van der Waals surface area (Å²) < 4.78 is 0. The molecule has 4 nitrogen and oxygen atoms in total. The molecule has 0 radical (unpaired) electrons. The van der Waals surface area contributed by atoms with Crippen LogP contribution in [0.3, 0.4) is 0 Å². The second-order valence-corrected chi connectivity index (χ2v) is 3.75. The summed E-state index contributed by atoms with van der Waals surface area (Å²) in [6.07, 6.45) is 0. The number of hydrogen-bond acceptors (Lipinski definition) is 2. The Hall–Kier alpha value is -2.76. The number of azide groups is 1. The summed E-state index contributed by atoms with van der Waals surface area (Å²) in [6, 6.07) is 17.4. The van der Waals surface area contributed by atoms with E-state index in [1.807, 2.05) is 42.5 Å². The number of hydrogen-bond donors (Lipinski definition) is 0. The molecule has 0 N–H and O–H groups in total. The first-order chi connectivity index (χ1) is 8.85. The first-order valence-electron chi connectivity index (χ1n) is 5.44. The van der Waals surface area contributed by atoms with Gasteiger partial charge in [-0.05, 0) is 28.3 Å². The van der Waals surface area contributed by atoms with E-state index in [1.54, 1.807) is 6.07 Å². The summed E-state index contributed by atoms with van der Waals surface area (Å²) in [7, 11) is 0. The zero-order valence-electron chi connectivity index (χ0n) is 9.61. The van der Waals surface area contributed by atoms with Crippen LogP contribution < -0.4 is 0 Å². The number of nitrogens with zero attached hydrogens (tertiary/aromatic N) is 4. The van der Waals surface area contributed by atoms with Gasteiger partial charge in [-0.2, -0.15) is 5.26 Å². The molecule has 0 spiro atoms. The molecular weight excluding hydrogens is 224 g/mol. The highest BCUT2D eigenvalue weighted by atomic mass is 15.1. The van der Waals surface area contributed by atoms with Gasteiger partial charge in [0.15, 0.2) is 0 Å². The maximum Gasteiger partial charge on any atom is 0.0998 e. The van der Waals surface area contributed by atoms with Crippen molar-refractivity contribution in [2.75, 3.05) is 0 Å². The molecule has 0 fully saturated rings. The van der Waals surface area contributed by atoms with E-state index >= 15 is 0 Å². The number of nitriles is 1. The normalized spacial score (nSPS) is 9.28. The second kappa shape index (κ2) is 5.53. The van der Waals surface area contributed by atoms with Crippen molar-refractivity contribution in [1.82, 2.24) is 0 Å². The first kappa shape index (κ1) is 11.7. The van der Waals surface area contributed by atoms with Gasteiger partial charge in [0, 0.05) is 4.91 Å². The van der Waals surface area contributed by atoms with Gasteiger partial charge in [0.1, 0.15) is 0 Å². The van der Waals surface area contributed by atoms with E-state index < -0.39 is 0 Å². The molecule has 0 unspecified atom stereocenters. The van der Waals surface area contributed by atoms with Crippen LogP contribution in [0.5, 0.6) is 0 Å². The van der Waals surface area contributed by atoms with Crippen molar-refractivity contribution < 1.29 is 0 Å². The monoisotopic (exact) mass is 234 g/mol. The molecular formula is C14H10N4. The molecule has 0 aromatic heterocycles. The molecule has 0 saturated carbocycles. The summed E-state index contributed by atoms with van der Waals surface area (Å²) in [5.74, 6) is 0. The Morgan fingerprint density at radius 3 is 2.61 bits per heavy atom. The summed E-state index contributed by atoms with van der Waals surface area (Å²) in [6.45, 7) is 0.264. The third-order valence-corrected chi connectivity index (χ3v) is 2.61. The lowest BCUT2D eigenvalue weighted by Crippen LogP contribution is -1.88. The summed E-state index contributed by atoms with van der Waals surface area (Å²) >= 11 is 0. The van der Waals surface area contributed by atoms with E-state index in [0.717, 1.165) is 16.7 Å². The zero-order valence-corrected chi connectivity index (χ0v) is 9.61. The molecule has 0 atom stereocenters. The minimum atomic E-state index is 0.264. The van der Waals surface area contributed by atoms with Gasteiger partial charge in [0.2, 0.25) is 0 Å². The van der Waals surface area contributed by atoms with Crippen molar-refractivity contribution in [3.05, 3.63) is 70.1 Å². The SMILES string of the molecule is N#Cc1cc(CN=[N+]=[N-])ccc1-c1ccccc1. The Bertz CT molecular complexity index is 635. The van der Waals surface area contributed by atoms with E-state index in [2.05, 4.69) is 16.1 Å².